The minimum absolute atomic E-state index is 0.170. The summed E-state index contributed by atoms with van der Waals surface area (Å²) in [7, 11) is 2.90. The first-order chi connectivity index (χ1) is 11.2. The van der Waals surface area contributed by atoms with E-state index in [0.29, 0.717) is 11.5 Å². The van der Waals surface area contributed by atoms with Gasteiger partial charge < -0.3 is 14.2 Å². The number of carbonyl (C=O) groups excluding carboxylic acids is 1. The van der Waals surface area contributed by atoms with Crippen LogP contribution in [-0.2, 0) is 9.53 Å². The number of benzene rings is 1. The molecule has 0 N–H and O–H groups in total. The summed E-state index contributed by atoms with van der Waals surface area (Å²) in [5.74, 6) is 0.738. The molecule has 2 aromatic heterocycles. The molecule has 23 heavy (non-hydrogen) atoms. The van der Waals surface area contributed by atoms with Crippen molar-refractivity contribution in [1.82, 2.24) is 9.38 Å². The number of fused-ring (bicyclic) bond motifs is 1. The summed E-state index contributed by atoms with van der Waals surface area (Å²) in [6, 6.07) is 11.3. The Morgan fingerprint density at radius 2 is 2.09 bits per heavy atom. The number of nitrogens with zero attached hydrogens (tertiary/aromatic N) is 2. The van der Waals surface area contributed by atoms with Crippen LogP contribution in [0, 0.1) is 0 Å². The van der Waals surface area contributed by atoms with Crippen LogP contribution in [0.1, 0.15) is 0 Å². The number of hydrogen-bond donors (Lipinski definition) is 0. The van der Waals surface area contributed by atoms with Crippen molar-refractivity contribution >= 4 is 11.6 Å². The molecule has 0 radical (unpaired) electrons. The molecule has 0 saturated heterocycles. The normalized spacial score (nSPS) is 10.5. The zero-order valence-electron chi connectivity index (χ0n) is 12.9. The maximum atomic E-state index is 11.4. The predicted molar refractivity (Wildman–Crippen MR) is 84.7 cm³/mol. The smallest absolute Gasteiger partial charge is 0.343 e. The number of imidazole rings is 1. The Bertz CT molecular complexity index is 841. The fourth-order valence-electron chi connectivity index (χ4n) is 2.32. The average molecular weight is 312 g/mol. The molecule has 6 nitrogen and oxygen atoms in total. The van der Waals surface area contributed by atoms with E-state index >= 15 is 0 Å². The van der Waals surface area contributed by atoms with Gasteiger partial charge in [-0.2, -0.15) is 0 Å². The molecule has 118 valence electrons. The van der Waals surface area contributed by atoms with Gasteiger partial charge in [-0.25, -0.2) is 9.78 Å². The molecular formula is C17H16N2O4. The monoisotopic (exact) mass is 312 g/mol. The summed E-state index contributed by atoms with van der Waals surface area (Å²) in [5, 5.41) is 0. The lowest BCUT2D eigenvalue weighted by atomic mass is 10.1. The minimum Gasteiger partial charge on any atom is -0.497 e. The second kappa shape index (κ2) is 6.39. The molecular weight excluding hydrogens is 296 g/mol. The number of ether oxygens (including phenoxy) is 3. The second-order valence-corrected chi connectivity index (χ2v) is 4.79. The topological polar surface area (TPSA) is 62.1 Å². The fourth-order valence-corrected chi connectivity index (χ4v) is 2.32. The zero-order valence-corrected chi connectivity index (χ0v) is 12.9. The van der Waals surface area contributed by atoms with E-state index < -0.39 is 5.97 Å². The zero-order chi connectivity index (χ0) is 16.2. The lowest BCUT2D eigenvalue weighted by molar-refractivity contribution is -0.142. The SMILES string of the molecule is COC(=O)COc1cc(OC)ccc1-c1cccc2nccn12. The first-order valence-electron chi connectivity index (χ1n) is 7.03. The lowest BCUT2D eigenvalue weighted by Gasteiger charge is -2.13. The highest BCUT2D eigenvalue weighted by molar-refractivity contribution is 5.74. The van der Waals surface area contributed by atoms with Gasteiger partial charge in [0, 0.05) is 24.0 Å². The van der Waals surface area contributed by atoms with Crippen molar-refractivity contribution in [3.63, 3.8) is 0 Å². The summed E-state index contributed by atoms with van der Waals surface area (Å²) in [6.45, 7) is -0.170. The Morgan fingerprint density at radius 3 is 2.87 bits per heavy atom. The molecule has 0 spiro atoms. The molecule has 0 unspecified atom stereocenters. The maximum Gasteiger partial charge on any atom is 0.343 e. The minimum atomic E-state index is -0.445. The highest BCUT2D eigenvalue weighted by Gasteiger charge is 2.13. The number of hydrogen-bond acceptors (Lipinski definition) is 5. The summed E-state index contributed by atoms with van der Waals surface area (Å²) < 4.78 is 17.4. The van der Waals surface area contributed by atoms with Gasteiger partial charge in [-0.15, -0.1) is 0 Å². The van der Waals surface area contributed by atoms with Crippen LogP contribution < -0.4 is 9.47 Å². The van der Waals surface area contributed by atoms with Gasteiger partial charge in [0.15, 0.2) is 6.61 Å². The number of carbonyl (C=O) groups is 1. The molecule has 0 aliphatic carbocycles. The standard InChI is InChI=1S/C17H16N2O4/c1-21-12-6-7-13(15(10-12)23-11-17(20)22-2)14-4-3-5-16-18-8-9-19(14)16/h3-10H,11H2,1-2H3. The quantitative estimate of drug-likeness (QED) is 0.678. The number of pyridine rings is 1. The van der Waals surface area contributed by atoms with Gasteiger partial charge >= 0.3 is 5.97 Å². The van der Waals surface area contributed by atoms with Crippen LogP contribution in [0.2, 0.25) is 0 Å². The van der Waals surface area contributed by atoms with E-state index in [9.17, 15) is 4.79 Å². The fraction of sp³-hybridized carbons (Fsp3) is 0.176. The second-order valence-electron chi connectivity index (χ2n) is 4.79. The molecule has 0 atom stereocenters. The van der Waals surface area contributed by atoms with E-state index in [1.807, 2.05) is 40.9 Å². The third-order valence-electron chi connectivity index (χ3n) is 3.47. The van der Waals surface area contributed by atoms with Crippen molar-refractivity contribution < 1.29 is 19.0 Å². The van der Waals surface area contributed by atoms with Gasteiger partial charge in [-0.3, -0.25) is 4.40 Å². The van der Waals surface area contributed by atoms with E-state index in [1.54, 1.807) is 19.4 Å². The Hall–Kier alpha value is -3.02. The summed E-state index contributed by atoms with van der Waals surface area (Å²) >= 11 is 0. The summed E-state index contributed by atoms with van der Waals surface area (Å²) in [6.07, 6.45) is 3.61. The van der Waals surface area contributed by atoms with Crippen LogP contribution in [-0.4, -0.2) is 36.2 Å². The van der Waals surface area contributed by atoms with Crippen molar-refractivity contribution in [1.29, 1.82) is 0 Å². The molecule has 3 rings (SSSR count). The van der Waals surface area contributed by atoms with Crippen molar-refractivity contribution in [2.75, 3.05) is 20.8 Å². The largest absolute Gasteiger partial charge is 0.497 e. The third kappa shape index (κ3) is 2.96. The molecule has 0 aliphatic rings. The predicted octanol–water partition coefficient (Wildman–Crippen LogP) is 2.56. The number of methoxy groups -OCH3 is 2. The third-order valence-corrected chi connectivity index (χ3v) is 3.47. The molecule has 0 aliphatic heterocycles. The molecule has 6 heteroatoms. The first-order valence-corrected chi connectivity index (χ1v) is 7.03. The van der Waals surface area contributed by atoms with Gasteiger partial charge in [0.25, 0.3) is 0 Å². The van der Waals surface area contributed by atoms with Crippen molar-refractivity contribution in [3.05, 3.63) is 48.8 Å². The van der Waals surface area contributed by atoms with E-state index in [4.69, 9.17) is 9.47 Å². The van der Waals surface area contributed by atoms with Crippen molar-refractivity contribution in [2.45, 2.75) is 0 Å². The van der Waals surface area contributed by atoms with Gasteiger partial charge in [0.05, 0.1) is 19.9 Å². The van der Waals surface area contributed by atoms with Gasteiger partial charge in [-0.05, 0) is 24.3 Å². The van der Waals surface area contributed by atoms with E-state index in [1.165, 1.54) is 7.11 Å². The maximum absolute atomic E-state index is 11.4. The van der Waals surface area contributed by atoms with Gasteiger partial charge in [0.1, 0.15) is 17.1 Å². The molecule has 0 saturated carbocycles. The van der Waals surface area contributed by atoms with Crippen LogP contribution in [0.3, 0.4) is 0 Å². The molecule has 0 bridgehead atoms. The molecule has 3 aromatic rings. The van der Waals surface area contributed by atoms with Crippen molar-refractivity contribution in [2.24, 2.45) is 0 Å². The van der Waals surface area contributed by atoms with E-state index in [2.05, 4.69) is 9.72 Å². The molecule has 0 amide bonds. The Balaban J connectivity index is 2.07. The van der Waals surface area contributed by atoms with Crippen LogP contribution in [0.15, 0.2) is 48.8 Å². The Labute approximate surface area is 133 Å². The summed E-state index contributed by atoms with van der Waals surface area (Å²) in [5.41, 5.74) is 2.57. The Kier molecular flexibility index (Phi) is 4.14. The highest BCUT2D eigenvalue weighted by atomic mass is 16.6. The Morgan fingerprint density at radius 1 is 1.22 bits per heavy atom. The van der Waals surface area contributed by atoms with E-state index in [-0.39, 0.29) is 6.61 Å². The molecule has 2 heterocycles. The van der Waals surface area contributed by atoms with Gasteiger partial charge in [-0.1, -0.05) is 6.07 Å². The van der Waals surface area contributed by atoms with Crippen LogP contribution in [0.5, 0.6) is 11.5 Å². The first kappa shape index (κ1) is 14.9. The number of rotatable bonds is 5. The van der Waals surface area contributed by atoms with Gasteiger partial charge in [0.2, 0.25) is 0 Å². The van der Waals surface area contributed by atoms with E-state index in [0.717, 1.165) is 16.9 Å². The molecule has 1 aromatic carbocycles. The highest BCUT2D eigenvalue weighted by Crippen LogP contribution is 2.33. The summed E-state index contributed by atoms with van der Waals surface area (Å²) in [4.78, 5) is 15.6. The van der Waals surface area contributed by atoms with Crippen LogP contribution in [0.4, 0.5) is 0 Å². The number of aromatic nitrogens is 2. The van der Waals surface area contributed by atoms with Crippen LogP contribution in [0.25, 0.3) is 16.9 Å². The van der Waals surface area contributed by atoms with Crippen LogP contribution >= 0.6 is 0 Å². The number of esters is 1. The van der Waals surface area contributed by atoms with Crippen molar-refractivity contribution in [3.8, 4) is 22.8 Å². The average Bonchev–Trinajstić information content (AvgIpc) is 3.08. The lowest BCUT2D eigenvalue weighted by Crippen LogP contribution is -2.13. The molecule has 0 fully saturated rings.